The van der Waals surface area contributed by atoms with Crippen molar-refractivity contribution in [3.63, 3.8) is 0 Å². The van der Waals surface area contributed by atoms with Crippen molar-refractivity contribution in [2.45, 2.75) is 19.6 Å². The Hall–Kier alpha value is -1.69. The summed E-state index contributed by atoms with van der Waals surface area (Å²) in [6.45, 7) is -1.09. The van der Waals surface area contributed by atoms with Crippen LogP contribution in [0.4, 0.5) is 8.78 Å². The van der Waals surface area contributed by atoms with Gasteiger partial charge in [0.15, 0.2) is 0 Å². The van der Waals surface area contributed by atoms with E-state index in [1.807, 2.05) is 6.92 Å². The van der Waals surface area contributed by atoms with Crippen LogP contribution in [0.5, 0.6) is 5.75 Å². The van der Waals surface area contributed by atoms with E-state index in [1.165, 1.54) is 12.1 Å². The highest BCUT2D eigenvalue weighted by Gasteiger charge is 2.14. The summed E-state index contributed by atoms with van der Waals surface area (Å²) in [5.41, 5.74) is 0.834. The summed E-state index contributed by atoms with van der Waals surface area (Å²) in [6.07, 6.45) is 0. The molecule has 100 valence electrons. The van der Waals surface area contributed by atoms with E-state index in [0.29, 0.717) is 0 Å². The molecule has 1 N–H and O–H groups in total. The second-order valence-corrected chi connectivity index (χ2v) is 3.93. The molecule has 0 amide bonds. The molecule has 0 aliphatic carbocycles. The van der Waals surface area contributed by atoms with Crippen molar-refractivity contribution in [1.29, 1.82) is 0 Å². The minimum Gasteiger partial charge on any atom is -0.480 e. The molecular weight excluding hydrogens is 244 g/mol. The molecule has 0 aliphatic rings. The minimum absolute atomic E-state index is 0.0850. The molecule has 4 nitrogen and oxygen atoms in total. The van der Waals surface area contributed by atoms with E-state index in [-0.39, 0.29) is 18.3 Å². The van der Waals surface area contributed by atoms with Gasteiger partial charge in [-0.15, -0.1) is 0 Å². The first kappa shape index (κ1) is 14.4. The second kappa shape index (κ2) is 6.30. The zero-order valence-electron chi connectivity index (χ0n) is 10.1. The molecule has 0 fully saturated rings. The summed E-state index contributed by atoms with van der Waals surface area (Å²) >= 11 is 0. The van der Waals surface area contributed by atoms with E-state index in [1.54, 1.807) is 24.1 Å². The van der Waals surface area contributed by atoms with Gasteiger partial charge in [0.25, 0.3) is 0 Å². The summed E-state index contributed by atoms with van der Waals surface area (Å²) in [6, 6.07) is 6.03. The first-order chi connectivity index (χ1) is 8.40. The smallest absolute Gasteiger partial charge is 0.387 e. The number of rotatable bonds is 6. The Morgan fingerprint density at radius 3 is 2.39 bits per heavy atom. The maximum absolute atomic E-state index is 12.0. The van der Waals surface area contributed by atoms with E-state index in [4.69, 9.17) is 5.11 Å². The Morgan fingerprint density at radius 2 is 1.94 bits per heavy atom. The zero-order valence-corrected chi connectivity index (χ0v) is 10.1. The number of hydrogen-bond acceptors (Lipinski definition) is 3. The number of alkyl halides is 2. The Morgan fingerprint density at radius 1 is 1.39 bits per heavy atom. The monoisotopic (exact) mass is 259 g/mol. The van der Waals surface area contributed by atoms with E-state index < -0.39 is 12.6 Å². The van der Waals surface area contributed by atoms with Crippen LogP contribution in [0.25, 0.3) is 0 Å². The van der Waals surface area contributed by atoms with Gasteiger partial charge < -0.3 is 9.84 Å². The first-order valence-corrected chi connectivity index (χ1v) is 5.37. The summed E-state index contributed by atoms with van der Waals surface area (Å²) in [5, 5.41) is 8.68. The summed E-state index contributed by atoms with van der Waals surface area (Å²) in [5.74, 6) is -0.830. The summed E-state index contributed by atoms with van der Waals surface area (Å²) in [4.78, 5) is 12.2. The van der Waals surface area contributed by atoms with E-state index >= 15 is 0 Å². The van der Waals surface area contributed by atoms with Gasteiger partial charge in [-0.1, -0.05) is 12.1 Å². The number of ether oxygens (including phenoxy) is 1. The van der Waals surface area contributed by atoms with Crippen molar-refractivity contribution in [2.75, 3.05) is 13.6 Å². The molecule has 0 saturated heterocycles. The number of hydrogen-bond donors (Lipinski definition) is 1. The molecule has 0 spiro atoms. The highest BCUT2D eigenvalue weighted by atomic mass is 19.3. The summed E-state index contributed by atoms with van der Waals surface area (Å²) in [7, 11) is 1.68. The Kier molecular flexibility index (Phi) is 5.03. The quantitative estimate of drug-likeness (QED) is 0.852. The predicted molar refractivity (Wildman–Crippen MR) is 61.8 cm³/mol. The lowest BCUT2D eigenvalue weighted by molar-refractivity contribution is -0.138. The lowest BCUT2D eigenvalue weighted by atomic mass is 10.1. The topological polar surface area (TPSA) is 49.8 Å². The SMILES string of the molecule is CC(c1ccc(OC(F)F)cc1)N(C)CC(=O)O. The average molecular weight is 259 g/mol. The number of halogens is 2. The molecule has 1 aromatic rings. The van der Waals surface area contributed by atoms with Crippen LogP contribution in [0.3, 0.4) is 0 Å². The van der Waals surface area contributed by atoms with Crippen molar-refractivity contribution in [3.05, 3.63) is 29.8 Å². The summed E-state index contributed by atoms with van der Waals surface area (Å²) < 4.78 is 28.1. The van der Waals surface area contributed by atoms with Gasteiger partial charge in [0.05, 0.1) is 6.54 Å². The fraction of sp³-hybridized carbons (Fsp3) is 0.417. The van der Waals surface area contributed by atoms with Crippen LogP contribution < -0.4 is 4.74 Å². The lowest BCUT2D eigenvalue weighted by Gasteiger charge is -2.23. The van der Waals surface area contributed by atoms with E-state index in [9.17, 15) is 13.6 Å². The molecule has 1 unspecified atom stereocenters. The number of aliphatic carboxylic acids is 1. The number of carboxylic acids is 1. The van der Waals surface area contributed by atoms with Gasteiger partial charge in [-0.25, -0.2) is 0 Å². The highest BCUT2D eigenvalue weighted by Crippen LogP contribution is 2.22. The van der Waals surface area contributed by atoms with Crippen LogP contribution >= 0.6 is 0 Å². The van der Waals surface area contributed by atoms with Crippen LogP contribution in [-0.2, 0) is 4.79 Å². The normalized spacial score (nSPS) is 12.8. The van der Waals surface area contributed by atoms with Gasteiger partial charge in [-0.2, -0.15) is 8.78 Å². The molecule has 0 saturated carbocycles. The number of carbonyl (C=O) groups is 1. The zero-order chi connectivity index (χ0) is 13.7. The van der Waals surface area contributed by atoms with Crippen LogP contribution in [0, 0.1) is 0 Å². The van der Waals surface area contributed by atoms with Crippen molar-refractivity contribution < 1.29 is 23.4 Å². The van der Waals surface area contributed by atoms with Gasteiger partial charge in [0.1, 0.15) is 5.75 Å². The Bertz CT molecular complexity index is 395. The van der Waals surface area contributed by atoms with Gasteiger partial charge in [0.2, 0.25) is 0 Å². The van der Waals surface area contributed by atoms with Gasteiger partial charge in [0, 0.05) is 6.04 Å². The standard InChI is InChI=1S/C12H15F2NO3/c1-8(15(2)7-11(16)17)9-3-5-10(6-4-9)18-12(13)14/h3-6,8,12H,7H2,1-2H3,(H,16,17). The van der Waals surface area contributed by atoms with Crippen LogP contribution in [0.1, 0.15) is 18.5 Å². The molecule has 0 aliphatic heterocycles. The Labute approximate surface area is 104 Å². The highest BCUT2D eigenvalue weighted by molar-refractivity contribution is 5.69. The lowest BCUT2D eigenvalue weighted by Crippen LogP contribution is -2.28. The number of likely N-dealkylation sites (N-methyl/N-ethyl adjacent to an activating group) is 1. The van der Waals surface area contributed by atoms with Gasteiger partial charge in [-0.05, 0) is 31.7 Å². The van der Waals surface area contributed by atoms with Crippen LogP contribution in [-0.4, -0.2) is 36.2 Å². The van der Waals surface area contributed by atoms with Gasteiger partial charge in [-0.3, -0.25) is 9.69 Å². The minimum atomic E-state index is -2.84. The number of carboxylic acid groups (broad SMARTS) is 1. The predicted octanol–water partition coefficient (Wildman–Crippen LogP) is 2.37. The third kappa shape index (κ3) is 4.29. The molecule has 1 atom stereocenters. The Balaban J connectivity index is 2.69. The first-order valence-electron chi connectivity index (χ1n) is 5.37. The van der Waals surface area contributed by atoms with Gasteiger partial charge >= 0.3 is 12.6 Å². The van der Waals surface area contributed by atoms with E-state index in [2.05, 4.69) is 4.74 Å². The largest absolute Gasteiger partial charge is 0.480 e. The molecule has 0 aromatic heterocycles. The van der Waals surface area contributed by atoms with E-state index in [0.717, 1.165) is 5.56 Å². The molecule has 1 rings (SSSR count). The second-order valence-electron chi connectivity index (χ2n) is 3.93. The van der Waals surface area contributed by atoms with Crippen LogP contribution in [0.15, 0.2) is 24.3 Å². The average Bonchev–Trinajstić information content (AvgIpc) is 2.27. The molecule has 0 bridgehead atoms. The molecule has 6 heteroatoms. The maximum atomic E-state index is 12.0. The van der Waals surface area contributed by atoms with Crippen molar-refractivity contribution in [1.82, 2.24) is 4.90 Å². The fourth-order valence-corrected chi connectivity index (χ4v) is 1.53. The molecule has 18 heavy (non-hydrogen) atoms. The molecular formula is C12H15F2NO3. The molecule has 1 aromatic carbocycles. The number of benzene rings is 1. The maximum Gasteiger partial charge on any atom is 0.387 e. The molecule has 0 heterocycles. The van der Waals surface area contributed by atoms with Crippen molar-refractivity contribution in [2.24, 2.45) is 0 Å². The number of nitrogens with zero attached hydrogens (tertiary/aromatic N) is 1. The van der Waals surface area contributed by atoms with Crippen molar-refractivity contribution in [3.8, 4) is 5.75 Å². The van der Waals surface area contributed by atoms with Crippen LogP contribution in [0.2, 0.25) is 0 Å². The molecule has 0 radical (unpaired) electrons. The third-order valence-corrected chi connectivity index (χ3v) is 2.63. The fourth-order valence-electron chi connectivity index (χ4n) is 1.53. The van der Waals surface area contributed by atoms with Crippen molar-refractivity contribution >= 4 is 5.97 Å². The third-order valence-electron chi connectivity index (χ3n) is 2.63.